The van der Waals surface area contributed by atoms with Crippen LogP contribution in [0, 0.1) is 5.82 Å². The van der Waals surface area contributed by atoms with E-state index in [-0.39, 0.29) is 11.7 Å². The maximum atomic E-state index is 13.2. The molecule has 3 aromatic rings. The Morgan fingerprint density at radius 1 is 1.17 bits per heavy atom. The monoisotopic (exact) mass is 395 g/mol. The molecule has 1 aliphatic rings. The van der Waals surface area contributed by atoms with Crippen LogP contribution in [0.1, 0.15) is 27.3 Å². The van der Waals surface area contributed by atoms with Gasteiger partial charge in [0.1, 0.15) is 18.2 Å². The first-order valence-corrected chi connectivity index (χ1v) is 9.57. The molecule has 1 amide bonds. The number of rotatable bonds is 7. The van der Waals surface area contributed by atoms with Crippen LogP contribution in [0.25, 0.3) is 0 Å². The molecule has 150 valence electrons. The molecule has 1 N–H and O–H groups in total. The van der Waals surface area contributed by atoms with Gasteiger partial charge in [-0.05, 0) is 29.8 Å². The highest BCUT2D eigenvalue weighted by Gasteiger charge is 2.25. The van der Waals surface area contributed by atoms with E-state index in [1.807, 2.05) is 35.0 Å². The number of benzene rings is 2. The van der Waals surface area contributed by atoms with Crippen molar-refractivity contribution in [1.29, 1.82) is 0 Å². The van der Waals surface area contributed by atoms with Crippen molar-refractivity contribution in [3.63, 3.8) is 0 Å². The van der Waals surface area contributed by atoms with Crippen LogP contribution in [0.15, 0.2) is 54.6 Å². The molecule has 0 unspecified atom stereocenters. The lowest BCUT2D eigenvalue weighted by atomic mass is 10.1. The highest BCUT2D eigenvalue weighted by atomic mass is 19.1. The molecule has 0 radical (unpaired) electrons. The fourth-order valence-corrected chi connectivity index (χ4v) is 3.32. The van der Waals surface area contributed by atoms with Gasteiger partial charge in [0.25, 0.3) is 5.91 Å². The first-order chi connectivity index (χ1) is 14.2. The molecule has 0 saturated carbocycles. The quantitative estimate of drug-likeness (QED) is 0.625. The zero-order valence-corrected chi connectivity index (χ0v) is 15.9. The number of hydrogen-bond donors (Lipinski definition) is 1. The highest BCUT2D eigenvalue weighted by molar-refractivity contribution is 5.94. The second-order valence-corrected chi connectivity index (χ2v) is 6.78. The van der Waals surface area contributed by atoms with Gasteiger partial charge in [0, 0.05) is 17.7 Å². The zero-order chi connectivity index (χ0) is 20.1. The van der Waals surface area contributed by atoms with Gasteiger partial charge in [-0.2, -0.15) is 5.10 Å². The summed E-state index contributed by atoms with van der Waals surface area (Å²) < 4.78 is 26.1. The number of halogens is 1. The number of nitrogens with one attached hydrogen (secondary N) is 1. The fraction of sp³-hybridized carbons (Fsp3) is 0.273. The molecule has 6 nitrogen and oxygen atoms in total. The predicted molar refractivity (Wildman–Crippen MR) is 105 cm³/mol. The number of hydrogen-bond acceptors (Lipinski definition) is 4. The lowest BCUT2D eigenvalue weighted by molar-refractivity contribution is 0.0919. The van der Waals surface area contributed by atoms with Crippen molar-refractivity contribution in [1.82, 2.24) is 15.1 Å². The molecule has 0 saturated heterocycles. The van der Waals surface area contributed by atoms with Crippen LogP contribution >= 0.6 is 0 Å². The van der Waals surface area contributed by atoms with Gasteiger partial charge in [-0.3, -0.25) is 9.48 Å². The molecule has 2 aromatic carbocycles. The molecule has 1 aromatic heterocycles. The third kappa shape index (κ3) is 4.63. The minimum Gasteiger partial charge on any atom is -0.492 e. The Labute approximate surface area is 168 Å². The van der Waals surface area contributed by atoms with Crippen molar-refractivity contribution in [3.05, 3.63) is 82.9 Å². The number of aromatic nitrogens is 2. The van der Waals surface area contributed by atoms with E-state index in [2.05, 4.69) is 10.4 Å². The Morgan fingerprint density at radius 2 is 1.97 bits per heavy atom. The van der Waals surface area contributed by atoms with E-state index in [0.717, 1.165) is 22.6 Å². The predicted octanol–water partition coefficient (Wildman–Crippen LogP) is 2.95. The smallest absolute Gasteiger partial charge is 0.272 e. The number of para-hydroxylation sites is 1. The van der Waals surface area contributed by atoms with Gasteiger partial charge in [0.2, 0.25) is 0 Å². The largest absolute Gasteiger partial charge is 0.492 e. The van der Waals surface area contributed by atoms with Gasteiger partial charge in [-0.1, -0.05) is 30.3 Å². The van der Waals surface area contributed by atoms with E-state index in [0.29, 0.717) is 45.0 Å². The van der Waals surface area contributed by atoms with Crippen LogP contribution in [0.3, 0.4) is 0 Å². The summed E-state index contributed by atoms with van der Waals surface area (Å²) in [5, 5.41) is 7.40. The summed E-state index contributed by atoms with van der Waals surface area (Å²) in [5.74, 6) is 0.236. The van der Waals surface area contributed by atoms with E-state index in [1.165, 1.54) is 12.1 Å². The van der Waals surface area contributed by atoms with Crippen molar-refractivity contribution in [2.24, 2.45) is 0 Å². The van der Waals surface area contributed by atoms with Crippen LogP contribution in [0.2, 0.25) is 0 Å². The molecular weight excluding hydrogens is 373 g/mol. The lowest BCUT2D eigenvalue weighted by Crippen LogP contribution is -2.29. The number of fused-ring (bicyclic) bond motifs is 1. The average Bonchev–Trinajstić information content (AvgIpc) is 3.12. The lowest BCUT2D eigenvalue weighted by Gasteiger charge is -2.15. The van der Waals surface area contributed by atoms with Crippen LogP contribution in [0.5, 0.6) is 5.75 Å². The van der Waals surface area contributed by atoms with Gasteiger partial charge in [0.05, 0.1) is 26.3 Å². The van der Waals surface area contributed by atoms with E-state index in [9.17, 15) is 9.18 Å². The summed E-state index contributed by atoms with van der Waals surface area (Å²) in [6.45, 7) is 2.17. The molecule has 2 heterocycles. The first kappa shape index (κ1) is 19.1. The number of ether oxygens (including phenoxy) is 2. The summed E-state index contributed by atoms with van der Waals surface area (Å²) in [7, 11) is 0. The summed E-state index contributed by atoms with van der Waals surface area (Å²) in [5.41, 5.74) is 3.11. The van der Waals surface area contributed by atoms with Gasteiger partial charge in [-0.15, -0.1) is 0 Å². The summed E-state index contributed by atoms with van der Waals surface area (Å²) in [6.07, 6.45) is 0.688. The van der Waals surface area contributed by atoms with Crippen LogP contribution in [0.4, 0.5) is 4.39 Å². The summed E-state index contributed by atoms with van der Waals surface area (Å²) in [6, 6.07) is 15.7. The molecule has 0 bridgehead atoms. The van der Waals surface area contributed by atoms with Gasteiger partial charge in [-0.25, -0.2) is 4.39 Å². The number of nitrogens with zero attached hydrogens (tertiary/aromatic N) is 2. The van der Waals surface area contributed by atoms with Gasteiger partial charge >= 0.3 is 0 Å². The molecular formula is C22H22FN3O3. The Bertz CT molecular complexity index is 971. The minimum atomic E-state index is -0.276. The maximum Gasteiger partial charge on any atom is 0.272 e. The molecule has 29 heavy (non-hydrogen) atoms. The minimum absolute atomic E-state index is 0.249. The van der Waals surface area contributed by atoms with Gasteiger partial charge < -0.3 is 14.8 Å². The van der Waals surface area contributed by atoms with Gasteiger partial charge in [0.15, 0.2) is 5.69 Å². The number of amides is 1. The van der Waals surface area contributed by atoms with Crippen molar-refractivity contribution in [3.8, 4) is 5.75 Å². The molecule has 0 fully saturated rings. The van der Waals surface area contributed by atoms with Crippen LogP contribution in [-0.2, 0) is 24.3 Å². The van der Waals surface area contributed by atoms with E-state index in [4.69, 9.17) is 9.47 Å². The standard InChI is InChI=1S/C22H22FN3O3/c23-17-8-6-16(7-9-17)14-26-20-10-12-28-15-19(20)21(25-26)22(27)24-11-13-29-18-4-2-1-3-5-18/h1-9H,10-15H2,(H,24,27). The van der Waals surface area contributed by atoms with E-state index < -0.39 is 0 Å². The average molecular weight is 395 g/mol. The molecule has 4 rings (SSSR count). The molecule has 0 aliphatic carbocycles. The Balaban J connectivity index is 1.43. The SMILES string of the molecule is O=C(NCCOc1ccccc1)c1nn(Cc2ccc(F)cc2)c2c1COCC2. The van der Waals surface area contributed by atoms with Crippen LogP contribution < -0.4 is 10.1 Å². The first-order valence-electron chi connectivity index (χ1n) is 9.57. The van der Waals surface area contributed by atoms with Crippen molar-refractivity contribution in [2.75, 3.05) is 19.8 Å². The van der Waals surface area contributed by atoms with Crippen molar-refractivity contribution in [2.45, 2.75) is 19.6 Å². The number of carbonyl (C=O) groups excluding carboxylic acids is 1. The summed E-state index contributed by atoms with van der Waals surface area (Å²) >= 11 is 0. The number of carbonyl (C=O) groups is 1. The highest BCUT2D eigenvalue weighted by Crippen LogP contribution is 2.22. The van der Waals surface area contributed by atoms with Crippen LogP contribution in [-0.4, -0.2) is 35.4 Å². The van der Waals surface area contributed by atoms with Crippen molar-refractivity contribution < 1.29 is 18.7 Å². The summed E-state index contributed by atoms with van der Waals surface area (Å²) in [4.78, 5) is 12.7. The molecule has 1 aliphatic heterocycles. The van der Waals surface area contributed by atoms with Crippen molar-refractivity contribution >= 4 is 5.91 Å². The Hall–Kier alpha value is -3.19. The Morgan fingerprint density at radius 3 is 2.76 bits per heavy atom. The maximum absolute atomic E-state index is 13.2. The van der Waals surface area contributed by atoms with E-state index >= 15 is 0 Å². The third-order valence-corrected chi connectivity index (χ3v) is 4.76. The fourth-order valence-electron chi connectivity index (χ4n) is 3.32. The zero-order valence-electron chi connectivity index (χ0n) is 15.9. The third-order valence-electron chi connectivity index (χ3n) is 4.76. The normalized spacial score (nSPS) is 13.0. The van der Waals surface area contributed by atoms with E-state index in [1.54, 1.807) is 12.1 Å². The molecule has 0 spiro atoms. The molecule has 7 heteroatoms. The second-order valence-electron chi connectivity index (χ2n) is 6.78. The molecule has 0 atom stereocenters. The second kappa shape index (κ2) is 8.87. The topological polar surface area (TPSA) is 65.4 Å². The Kier molecular flexibility index (Phi) is 5.86.